The first kappa shape index (κ1) is 12.7. The molecule has 2 aromatic rings. The van der Waals surface area contributed by atoms with Crippen LogP contribution in [0.3, 0.4) is 0 Å². The molecule has 0 saturated heterocycles. The van der Waals surface area contributed by atoms with E-state index in [0.29, 0.717) is 0 Å². The molecule has 0 atom stereocenters. The number of thiazole rings is 1. The number of hydrogen-bond acceptors (Lipinski definition) is 7. The molecular weight excluding hydrogens is 280 g/mol. The maximum Gasteiger partial charge on any atom is 0.279 e. The summed E-state index contributed by atoms with van der Waals surface area (Å²) in [5, 5.41) is 11.0. The number of carbonyl (C=O) groups excluding carboxylic acids is 1. The summed E-state index contributed by atoms with van der Waals surface area (Å²) in [4.78, 5) is 15.5. The summed E-state index contributed by atoms with van der Waals surface area (Å²) < 4.78 is 26.8. The van der Waals surface area contributed by atoms with Gasteiger partial charge in [-0.1, -0.05) is 16.5 Å². The summed E-state index contributed by atoms with van der Waals surface area (Å²) in [7, 11) is -3.83. The van der Waals surface area contributed by atoms with E-state index in [1.54, 1.807) is 0 Å². The number of nitrogens with two attached hydrogens (primary N) is 1. The summed E-state index contributed by atoms with van der Waals surface area (Å²) in [5.74, 6) is -0.543. The maximum absolute atomic E-state index is 11.6. The van der Waals surface area contributed by atoms with Crippen LogP contribution in [0, 0.1) is 6.92 Å². The number of aromatic nitrogens is 2. The van der Waals surface area contributed by atoms with Crippen molar-refractivity contribution in [3.05, 3.63) is 23.7 Å². The standard InChI is InChI=1S/C8H8N4O4S2/c1-4-7(18(9,14)15)17-8(10-4)11-6(13)5-2-3-16-12-5/h2-3H,1H3,(H2,9,14,15)(H,10,11,13). The Bertz CT molecular complexity index is 674. The molecule has 0 aliphatic carbocycles. The van der Waals surface area contributed by atoms with Gasteiger partial charge >= 0.3 is 0 Å². The van der Waals surface area contributed by atoms with Gasteiger partial charge in [0.15, 0.2) is 15.0 Å². The molecule has 96 valence electrons. The van der Waals surface area contributed by atoms with Crippen LogP contribution >= 0.6 is 11.3 Å². The molecule has 2 heterocycles. The Morgan fingerprint density at radius 2 is 2.28 bits per heavy atom. The van der Waals surface area contributed by atoms with Crippen molar-refractivity contribution in [2.45, 2.75) is 11.1 Å². The first-order chi connectivity index (χ1) is 8.38. The number of hydrogen-bond donors (Lipinski definition) is 2. The Balaban J connectivity index is 2.24. The van der Waals surface area contributed by atoms with Gasteiger partial charge in [0.2, 0.25) is 10.0 Å². The normalized spacial score (nSPS) is 11.4. The van der Waals surface area contributed by atoms with Crippen LogP contribution in [0.25, 0.3) is 0 Å². The van der Waals surface area contributed by atoms with Gasteiger partial charge in [0.05, 0.1) is 5.69 Å². The molecule has 0 saturated carbocycles. The second-order valence-electron chi connectivity index (χ2n) is 3.28. The van der Waals surface area contributed by atoms with Crippen LogP contribution in [0.1, 0.15) is 16.2 Å². The van der Waals surface area contributed by atoms with Crippen molar-refractivity contribution in [1.82, 2.24) is 10.1 Å². The molecule has 0 bridgehead atoms. The lowest BCUT2D eigenvalue weighted by Crippen LogP contribution is -2.12. The Morgan fingerprint density at radius 3 is 2.78 bits per heavy atom. The molecule has 0 spiro atoms. The minimum Gasteiger partial charge on any atom is -0.364 e. The largest absolute Gasteiger partial charge is 0.364 e. The van der Waals surface area contributed by atoms with Crippen LogP contribution in [-0.2, 0) is 10.0 Å². The van der Waals surface area contributed by atoms with E-state index in [1.165, 1.54) is 19.3 Å². The van der Waals surface area contributed by atoms with E-state index in [-0.39, 0.29) is 20.7 Å². The summed E-state index contributed by atoms with van der Waals surface area (Å²) >= 11 is 0.778. The molecule has 0 aliphatic rings. The number of sulfonamides is 1. The predicted molar refractivity (Wildman–Crippen MR) is 62.7 cm³/mol. The van der Waals surface area contributed by atoms with Crippen molar-refractivity contribution in [3.8, 4) is 0 Å². The van der Waals surface area contributed by atoms with Crippen LogP contribution in [0.15, 0.2) is 21.1 Å². The van der Waals surface area contributed by atoms with Crippen LogP contribution in [0.2, 0.25) is 0 Å². The van der Waals surface area contributed by atoms with E-state index in [1.807, 2.05) is 0 Å². The molecule has 0 aliphatic heterocycles. The van der Waals surface area contributed by atoms with Gasteiger partial charge in [-0.3, -0.25) is 10.1 Å². The monoisotopic (exact) mass is 288 g/mol. The summed E-state index contributed by atoms with van der Waals surface area (Å²) in [6.45, 7) is 1.49. The third kappa shape index (κ3) is 2.55. The zero-order valence-corrected chi connectivity index (χ0v) is 10.7. The predicted octanol–water partition coefficient (Wildman–Crippen LogP) is 0.339. The average Bonchev–Trinajstić information content (AvgIpc) is 2.85. The maximum atomic E-state index is 11.6. The smallest absolute Gasteiger partial charge is 0.279 e. The molecule has 2 aromatic heterocycles. The summed E-state index contributed by atoms with van der Waals surface area (Å²) in [5.41, 5.74) is 0.304. The second kappa shape index (κ2) is 4.48. The van der Waals surface area contributed by atoms with Crippen molar-refractivity contribution < 1.29 is 17.7 Å². The minimum atomic E-state index is -3.83. The molecule has 8 nitrogen and oxygen atoms in total. The highest BCUT2D eigenvalue weighted by molar-refractivity contribution is 7.91. The third-order valence-corrected chi connectivity index (χ3v) is 4.53. The number of nitrogens with one attached hydrogen (secondary N) is 1. The highest BCUT2D eigenvalue weighted by Gasteiger charge is 2.19. The average molecular weight is 288 g/mol. The number of primary sulfonamides is 1. The topological polar surface area (TPSA) is 128 Å². The Hall–Kier alpha value is -1.78. The Labute approximate surface area is 106 Å². The second-order valence-corrected chi connectivity index (χ2v) is 6.03. The lowest BCUT2D eigenvalue weighted by atomic mass is 10.4. The van der Waals surface area contributed by atoms with E-state index in [2.05, 4.69) is 20.0 Å². The first-order valence-corrected chi connectivity index (χ1v) is 6.96. The molecule has 3 N–H and O–H groups in total. The summed E-state index contributed by atoms with van der Waals surface area (Å²) in [6, 6.07) is 1.37. The van der Waals surface area contributed by atoms with Crippen molar-refractivity contribution in [3.63, 3.8) is 0 Å². The summed E-state index contributed by atoms with van der Waals surface area (Å²) in [6.07, 6.45) is 1.25. The van der Waals surface area contributed by atoms with E-state index in [0.717, 1.165) is 11.3 Å². The molecule has 2 rings (SSSR count). The number of aryl methyl sites for hydroxylation is 1. The van der Waals surface area contributed by atoms with Gasteiger partial charge in [-0.15, -0.1) is 0 Å². The molecular formula is C8H8N4O4S2. The number of anilines is 1. The first-order valence-electron chi connectivity index (χ1n) is 4.60. The SMILES string of the molecule is Cc1nc(NC(=O)c2ccon2)sc1S(N)(=O)=O. The minimum absolute atomic E-state index is 0.0695. The van der Waals surface area contributed by atoms with Crippen molar-refractivity contribution >= 4 is 32.4 Å². The Kier molecular flexibility index (Phi) is 3.15. The van der Waals surface area contributed by atoms with Gasteiger partial charge in [0, 0.05) is 6.07 Å². The number of amides is 1. The lowest BCUT2D eigenvalue weighted by molar-refractivity contribution is 0.101. The van der Waals surface area contributed by atoms with Gasteiger partial charge in [-0.05, 0) is 6.92 Å². The fourth-order valence-corrected chi connectivity index (χ4v) is 3.04. The molecule has 1 amide bonds. The number of rotatable bonds is 3. The Morgan fingerprint density at radius 1 is 1.56 bits per heavy atom. The van der Waals surface area contributed by atoms with Crippen molar-refractivity contribution in [2.75, 3.05) is 5.32 Å². The van der Waals surface area contributed by atoms with Crippen LogP contribution in [-0.4, -0.2) is 24.5 Å². The lowest BCUT2D eigenvalue weighted by Gasteiger charge is -1.95. The van der Waals surface area contributed by atoms with Crippen molar-refractivity contribution in [1.29, 1.82) is 0 Å². The molecule has 0 radical (unpaired) electrons. The van der Waals surface area contributed by atoms with Crippen LogP contribution in [0.5, 0.6) is 0 Å². The molecule has 0 aromatic carbocycles. The number of nitrogens with zero attached hydrogens (tertiary/aromatic N) is 2. The molecule has 0 unspecified atom stereocenters. The fraction of sp³-hybridized carbons (Fsp3) is 0.125. The van der Waals surface area contributed by atoms with Crippen LogP contribution in [0.4, 0.5) is 5.13 Å². The zero-order chi connectivity index (χ0) is 13.3. The molecule has 0 fully saturated rings. The number of carbonyl (C=O) groups is 1. The van der Waals surface area contributed by atoms with Gasteiger partial charge in [-0.2, -0.15) is 0 Å². The quantitative estimate of drug-likeness (QED) is 0.838. The van der Waals surface area contributed by atoms with Gasteiger partial charge in [0.25, 0.3) is 5.91 Å². The fourth-order valence-electron chi connectivity index (χ4n) is 1.19. The van der Waals surface area contributed by atoms with Crippen molar-refractivity contribution in [2.24, 2.45) is 5.14 Å². The van der Waals surface area contributed by atoms with Gasteiger partial charge in [-0.25, -0.2) is 18.5 Å². The highest BCUT2D eigenvalue weighted by atomic mass is 32.2. The zero-order valence-electron chi connectivity index (χ0n) is 9.08. The van der Waals surface area contributed by atoms with Crippen LogP contribution < -0.4 is 10.5 Å². The molecule has 10 heteroatoms. The van der Waals surface area contributed by atoms with Gasteiger partial charge in [0.1, 0.15) is 6.26 Å². The van der Waals surface area contributed by atoms with E-state index >= 15 is 0 Å². The van der Waals surface area contributed by atoms with Gasteiger partial charge < -0.3 is 4.52 Å². The van der Waals surface area contributed by atoms with E-state index < -0.39 is 15.9 Å². The molecule has 18 heavy (non-hydrogen) atoms. The van der Waals surface area contributed by atoms with E-state index in [4.69, 9.17) is 5.14 Å². The highest BCUT2D eigenvalue weighted by Crippen LogP contribution is 2.26. The van der Waals surface area contributed by atoms with E-state index in [9.17, 15) is 13.2 Å². The third-order valence-electron chi connectivity index (χ3n) is 1.90.